The lowest BCUT2D eigenvalue weighted by Gasteiger charge is -2.24. The van der Waals surface area contributed by atoms with Crippen molar-refractivity contribution in [3.8, 4) is 39.5 Å². The molecule has 3 rings (SSSR count). The van der Waals surface area contributed by atoms with Gasteiger partial charge in [0.15, 0.2) is 11.5 Å². The Balaban J connectivity index is 2.59. The number of halogens is 12. The SMILES string of the molecule is COc1c(-c2cc(C(F)(F)F)c(C(F)(F)F)c(C(F)(F)F)c2)cc(-c2c(F)cc(F)cc2F)c(OC)c1OC. The Labute approximate surface area is 211 Å². The molecule has 0 bridgehead atoms. The van der Waals surface area contributed by atoms with Gasteiger partial charge in [0, 0.05) is 23.3 Å². The van der Waals surface area contributed by atoms with E-state index in [0.717, 1.165) is 21.3 Å². The van der Waals surface area contributed by atoms with Crippen molar-refractivity contribution in [1.82, 2.24) is 0 Å². The van der Waals surface area contributed by atoms with Crippen molar-refractivity contribution in [3.05, 3.63) is 64.5 Å². The maximum Gasteiger partial charge on any atom is 0.417 e. The summed E-state index contributed by atoms with van der Waals surface area (Å²) >= 11 is 0. The van der Waals surface area contributed by atoms with Crippen LogP contribution >= 0.6 is 0 Å². The van der Waals surface area contributed by atoms with E-state index in [0.29, 0.717) is 6.07 Å². The number of rotatable bonds is 5. The minimum Gasteiger partial charge on any atom is -0.492 e. The second-order valence-corrected chi connectivity index (χ2v) is 7.76. The molecular weight excluding hydrogens is 564 g/mol. The molecule has 0 radical (unpaired) electrons. The van der Waals surface area contributed by atoms with Crippen molar-refractivity contribution in [3.63, 3.8) is 0 Å². The fourth-order valence-electron chi connectivity index (χ4n) is 3.96. The number of hydrogen-bond donors (Lipinski definition) is 0. The van der Waals surface area contributed by atoms with E-state index in [1.807, 2.05) is 0 Å². The van der Waals surface area contributed by atoms with Crippen LogP contribution in [0.5, 0.6) is 17.2 Å². The third-order valence-electron chi connectivity index (χ3n) is 5.42. The van der Waals surface area contributed by atoms with Crippen LogP contribution in [0.4, 0.5) is 52.7 Å². The van der Waals surface area contributed by atoms with Gasteiger partial charge in [-0.15, -0.1) is 0 Å². The molecule has 3 nitrogen and oxygen atoms in total. The van der Waals surface area contributed by atoms with Crippen molar-refractivity contribution in [2.24, 2.45) is 0 Å². The van der Waals surface area contributed by atoms with Gasteiger partial charge < -0.3 is 14.2 Å². The number of methoxy groups -OCH3 is 3. The van der Waals surface area contributed by atoms with Crippen LogP contribution in [0.25, 0.3) is 22.3 Å². The van der Waals surface area contributed by atoms with Gasteiger partial charge in [0.25, 0.3) is 0 Å². The van der Waals surface area contributed by atoms with Gasteiger partial charge in [-0.05, 0) is 23.8 Å². The number of ether oxygens (including phenoxy) is 3. The molecular formula is C24H14F12O3. The zero-order valence-corrected chi connectivity index (χ0v) is 19.6. The molecule has 3 aromatic carbocycles. The molecule has 0 atom stereocenters. The van der Waals surface area contributed by atoms with Crippen LogP contribution in [0.15, 0.2) is 30.3 Å². The molecule has 0 N–H and O–H groups in total. The fraction of sp³-hybridized carbons (Fsp3) is 0.250. The van der Waals surface area contributed by atoms with Crippen molar-refractivity contribution < 1.29 is 66.9 Å². The molecule has 0 fully saturated rings. The summed E-state index contributed by atoms with van der Waals surface area (Å²) in [4.78, 5) is 0. The van der Waals surface area contributed by atoms with Gasteiger partial charge in [-0.2, -0.15) is 39.5 Å². The van der Waals surface area contributed by atoms with Crippen molar-refractivity contribution in [1.29, 1.82) is 0 Å². The Kier molecular flexibility index (Phi) is 7.69. The van der Waals surface area contributed by atoms with Gasteiger partial charge in [-0.3, -0.25) is 0 Å². The fourth-order valence-corrected chi connectivity index (χ4v) is 3.96. The molecule has 0 saturated carbocycles. The van der Waals surface area contributed by atoms with Crippen molar-refractivity contribution in [2.45, 2.75) is 18.5 Å². The first kappa shape index (κ1) is 29.8. The summed E-state index contributed by atoms with van der Waals surface area (Å²) in [6.07, 6.45) is -17.9. The lowest BCUT2D eigenvalue weighted by Crippen LogP contribution is -2.23. The van der Waals surface area contributed by atoms with Gasteiger partial charge in [-0.25, -0.2) is 13.2 Å². The van der Waals surface area contributed by atoms with Crippen molar-refractivity contribution in [2.75, 3.05) is 21.3 Å². The molecule has 212 valence electrons. The lowest BCUT2D eigenvalue weighted by atomic mass is 9.90. The monoisotopic (exact) mass is 578 g/mol. The minimum absolute atomic E-state index is 0.219. The Morgan fingerprint density at radius 1 is 0.513 bits per heavy atom. The van der Waals surface area contributed by atoms with E-state index in [9.17, 15) is 52.7 Å². The summed E-state index contributed by atoms with van der Waals surface area (Å²) in [6.45, 7) is 0. The molecule has 0 aliphatic carbocycles. The molecule has 0 unspecified atom stereocenters. The summed E-state index contributed by atoms with van der Waals surface area (Å²) in [7, 11) is 2.78. The maximum absolute atomic E-state index is 14.7. The molecule has 0 spiro atoms. The van der Waals surface area contributed by atoms with E-state index in [1.165, 1.54) is 0 Å². The standard InChI is InChI=1S/C24H14F12O3/c1-37-19-11(8-12(20(38-2)21(19)39-3)17-15(26)6-10(25)7-16(17)27)9-4-13(22(28,29)30)18(24(34,35)36)14(5-9)23(31,32)33/h4-8H,1-3H3. The Bertz CT molecular complexity index is 1350. The van der Waals surface area contributed by atoms with E-state index in [1.54, 1.807) is 0 Å². The highest BCUT2D eigenvalue weighted by molar-refractivity contribution is 5.87. The summed E-state index contributed by atoms with van der Waals surface area (Å²) in [5.41, 5.74) is -12.0. The van der Waals surface area contributed by atoms with Crippen LogP contribution < -0.4 is 14.2 Å². The largest absolute Gasteiger partial charge is 0.492 e. The van der Waals surface area contributed by atoms with Gasteiger partial charge in [0.2, 0.25) is 5.75 Å². The average molecular weight is 578 g/mol. The third-order valence-corrected chi connectivity index (χ3v) is 5.42. The predicted molar refractivity (Wildman–Crippen MR) is 112 cm³/mol. The summed E-state index contributed by atoms with van der Waals surface area (Å²) in [5.74, 6) is -6.26. The van der Waals surface area contributed by atoms with Crippen LogP contribution in [-0.2, 0) is 18.5 Å². The van der Waals surface area contributed by atoms with Crippen LogP contribution in [0.1, 0.15) is 16.7 Å². The summed E-state index contributed by atoms with van der Waals surface area (Å²) in [5, 5.41) is 0. The summed E-state index contributed by atoms with van der Waals surface area (Å²) < 4.78 is 181. The third kappa shape index (κ3) is 5.52. The van der Waals surface area contributed by atoms with E-state index < -0.39 is 92.2 Å². The molecule has 0 saturated heterocycles. The molecule has 0 heterocycles. The molecule has 0 aliphatic rings. The normalized spacial score (nSPS) is 12.5. The first-order chi connectivity index (χ1) is 17.9. The average Bonchev–Trinajstić information content (AvgIpc) is 2.79. The van der Waals surface area contributed by atoms with E-state index in [4.69, 9.17) is 14.2 Å². The first-order valence-electron chi connectivity index (χ1n) is 10.2. The smallest absolute Gasteiger partial charge is 0.417 e. The number of hydrogen-bond acceptors (Lipinski definition) is 3. The second-order valence-electron chi connectivity index (χ2n) is 7.76. The number of alkyl halides is 9. The number of benzene rings is 3. The zero-order valence-electron chi connectivity index (χ0n) is 19.6. The predicted octanol–water partition coefficient (Wildman–Crippen LogP) is 8.52. The highest BCUT2D eigenvalue weighted by atomic mass is 19.4. The molecule has 15 heteroatoms. The first-order valence-corrected chi connectivity index (χ1v) is 10.2. The van der Waals surface area contributed by atoms with Crippen LogP contribution in [0, 0.1) is 17.5 Å². The van der Waals surface area contributed by atoms with E-state index >= 15 is 0 Å². The maximum atomic E-state index is 14.7. The minimum atomic E-state index is -6.08. The van der Waals surface area contributed by atoms with Crippen LogP contribution in [-0.4, -0.2) is 21.3 Å². The van der Waals surface area contributed by atoms with Crippen molar-refractivity contribution >= 4 is 0 Å². The Morgan fingerprint density at radius 2 is 0.923 bits per heavy atom. The summed E-state index contributed by atoms with van der Waals surface area (Å²) in [6, 6.07) is 0.639. The zero-order chi connectivity index (χ0) is 29.7. The molecule has 3 aromatic rings. The Morgan fingerprint density at radius 3 is 1.28 bits per heavy atom. The molecule has 0 amide bonds. The highest BCUT2D eigenvalue weighted by Crippen LogP contribution is 2.54. The van der Waals surface area contributed by atoms with Gasteiger partial charge in [0.1, 0.15) is 17.5 Å². The quantitative estimate of drug-likeness (QED) is 0.284. The van der Waals surface area contributed by atoms with Gasteiger partial charge in [-0.1, -0.05) is 0 Å². The Hall–Kier alpha value is -3.78. The van der Waals surface area contributed by atoms with E-state index in [2.05, 4.69) is 0 Å². The van der Waals surface area contributed by atoms with Gasteiger partial charge >= 0.3 is 18.5 Å². The molecule has 0 aromatic heterocycles. The molecule has 39 heavy (non-hydrogen) atoms. The van der Waals surface area contributed by atoms with Crippen LogP contribution in [0.3, 0.4) is 0 Å². The molecule has 0 aliphatic heterocycles. The highest BCUT2D eigenvalue weighted by Gasteiger charge is 2.50. The van der Waals surface area contributed by atoms with E-state index in [-0.39, 0.29) is 24.3 Å². The van der Waals surface area contributed by atoms with Gasteiger partial charge in [0.05, 0.1) is 43.6 Å². The lowest BCUT2D eigenvalue weighted by molar-refractivity contribution is -0.174. The topological polar surface area (TPSA) is 27.7 Å². The second kappa shape index (κ2) is 10.1. The van der Waals surface area contributed by atoms with Crippen LogP contribution in [0.2, 0.25) is 0 Å².